The fourth-order valence-corrected chi connectivity index (χ4v) is 3.90. The summed E-state index contributed by atoms with van der Waals surface area (Å²) in [4.78, 5) is 14.8. The molecule has 1 amide bonds. The van der Waals surface area contributed by atoms with Crippen molar-refractivity contribution in [2.24, 2.45) is 17.6 Å². The lowest BCUT2D eigenvalue weighted by Crippen LogP contribution is -2.32. The number of amides is 1. The van der Waals surface area contributed by atoms with E-state index in [9.17, 15) is 4.79 Å². The first-order valence-corrected chi connectivity index (χ1v) is 9.43. The van der Waals surface area contributed by atoms with Gasteiger partial charge >= 0.3 is 0 Å². The van der Waals surface area contributed by atoms with Crippen molar-refractivity contribution in [3.63, 3.8) is 0 Å². The molecule has 0 radical (unpaired) electrons. The summed E-state index contributed by atoms with van der Waals surface area (Å²) in [5.74, 6) is 1.14. The Morgan fingerprint density at radius 3 is 2.67 bits per heavy atom. The van der Waals surface area contributed by atoms with Crippen molar-refractivity contribution in [3.8, 4) is 0 Å². The Morgan fingerprint density at radius 2 is 1.96 bits per heavy atom. The van der Waals surface area contributed by atoms with E-state index in [2.05, 4.69) is 41.4 Å². The van der Waals surface area contributed by atoms with Crippen molar-refractivity contribution in [1.82, 2.24) is 10.2 Å². The van der Waals surface area contributed by atoms with Gasteiger partial charge in [-0.3, -0.25) is 9.69 Å². The summed E-state index contributed by atoms with van der Waals surface area (Å²) in [5, 5.41) is 3.09. The number of nitrogens with one attached hydrogen (secondary N) is 1. The van der Waals surface area contributed by atoms with Crippen LogP contribution >= 0.6 is 0 Å². The van der Waals surface area contributed by atoms with Crippen LogP contribution in [0.5, 0.6) is 0 Å². The highest BCUT2D eigenvalue weighted by Crippen LogP contribution is 2.24. The largest absolute Gasteiger partial charge is 0.352 e. The molecular weight excluding hydrogens is 298 g/mol. The van der Waals surface area contributed by atoms with Crippen LogP contribution in [0.2, 0.25) is 0 Å². The van der Waals surface area contributed by atoms with Gasteiger partial charge in [-0.15, -0.1) is 0 Å². The van der Waals surface area contributed by atoms with E-state index in [1.165, 1.54) is 37.1 Å². The van der Waals surface area contributed by atoms with Gasteiger partial charge in [-0.05, 0) is 62.2 Å². The molecule has 3 rings (SSSR count). The van der Waals surface area contributed by atoms with Gasteiger partial charge in [0.05, 0.1) is 0 Å². The molecule has 4 heteroatoms. The first-order chi connectivity index (χ1) is 11.6. The van der Waals surface area contributed by atoms with E-state index in [-0.39, 0.29) is 17.9 Å². The molecule has 1 saturated heterocycles. The van der Waals surface area contributed by atoms with Crippen molar-refractivity contribution in [2.75, 3.05) is 13.1 Å². The zero-order valence-electron chi connectivity index (χ0n) is 14.8. The van der Waals surface area contributed by atoms with Crippen LogP contribution in [0.1, 0.15) is 50.2 Å². The van der Waals surface area contributed by atoms with Crippen LogP contribution in [0.25, 0.3) is 0 Å². The predicted molar refractivity (Wildman–Crippen MR) is 97.3 cm³/mol. The number of nitrogens with zero attached hydrogens (tertiary/aromatic N) is 1. The molecule has 2 fully saturated rings. The number of nitrogens with two attached hydrogens (primary N) is 1. The third kappa shape index (κ3) is 4.81. The van der Waals surface area contributed by atoms with Gasteiger partial charge in [0.1, 0.15) is 0 Å². The lowest BCUT2D eigenvalue weighted by molar-refractivity contribution is -0.125. The summed E-state index contributed by atoms with van der Waals surface area (Å²) in [7, 11) is 0. The van der Waals surface area contributed by atoms with E-state index in [1.807, 2.05) is 0 Å². The average molecular weight is 329 g/mol. The maximum Gasteiger partial charge on any atom is 0.223 e. The topological polar surface area (TPSA) is 58.4 Å². The summed E-state index contributed by atoms with van der Waals surface area (Å²) in [6, 6.07) is 8.84. The van der Waals surface area contributed by atoms with Gasteiger partial charge in [0.15, 0.2) is 0 Å². The van der Waals surface area contributed by atoms with E-state index in [0.29, 0.717) is 6.54 Å². The van der Waals surface area contributed by atoms with Crippen molar-refractivity contribution in [2.45, 2.75) is 58.2 Å². The van der Waals surface area contributed by atoms with Crippen molar-refractivity contribution < 1.29 is 4.79 Å². The number of likely N-dealkylation sites (tertiary alicyclic amines) is 1. The van der Waals surface area contributed by atoms with E-state index in [4.69, 9.17) is 5.73 Å². The van der Waals surface area contributed by atoms with Crippen LogP contribution < -0.4 is 11.1 Å². The number of carbonyl (C=O) groups is 1. The molecule has 1 heterocycles. The van der Waals surface area contributed by atoms with Gasteiger partial charge in [0, 0.05) is 25.0 Å². The minimum Gasteiger partial charge on any atom is -0.352 e. The van der Waals surface area contributed by atoms with Crippen molar-refractivity contribution in [3.05, 3.63) is 35.4 Å². The summed E-state index contributed by atoms with van der Waals surface area (Å²) < 4.78 is 0. The highest BCUT2D eigenvalue weighted by Gasteiger charge is 2.27. The zero-order valence-corrected chi connectivity index (χ0v) is 14.8. The third-order valence-corrected chi connectivity index (χ3v) is 5.58. The Balaban J connectivity index is 1.49. The Bertz CT molecular complexity index is 552. The molecule has 1 aliphatic carbocycles. The first-order valence-electron chi connectivity index (χ1n) is 9.43. The van der Waals surface area contributed by atoms with E-state index < -0.39 is 0 Å². The van der Waals surface area contributed by atoms with Gasteiger partial charge in [0.25, 0.3) is 0 Å². The second-order valence-electron chi connectivity index (χ2n) is 7.77. The van der Waals surface area contributed by atoms with E-state index in [0.717, 1.165) is 31.7 Å². The highest BCUT2D eigenvalue weighted by atomic mass is 16.1. The molecule has 132 valence electrons. The molecule has 1 aliphatic heterocycles. The maximum atomic E-state index is 12.2. The standard InChI is InChI=1S/C20H31N3O/c1-15-7-9-23(10-8-15)14-17-4-2-3-16(11-17)13-22-20(24)18-5-6-19(21)12-18/h2-4,11,15,18-19H,5-10,12-14,21H2,1H3,(H,22,24). The summed E-state index contributed by atoms with van der Waals surface area (Å²) in [5.41, 5.74) is 8.44. The Labute approximate surface area is 145 Å². The smallest absolute Gasteiger partial charge is 0.223 e. The molecule has 1 saturated carbocycles. The number of carbonyl (C=O) groups excluding carboxylic acids is 1. The Hall–Kier alpha value is -1.39. The first kappa shape index (κ1) is 17.4. The molecule has 2 atom stereocenters. The molecule has 3 N–H and O–H groups in total. The van der Waals surface area contributed by atoms with Crippen LogP contribution in [0.15, 0.2) is 24.3 Å². The Kier molecular flexibility index (Phi) is 5.90. The van der Waals surface area contributed by atoms with Crippen LogP contribution in [0.4, 0.5) is 0 Å². The van der Waals surface area contributed by atoms with Crippen molar-refractivity contribution in [1.29, 1.82) is 0 Å². The average Bonchev–Trinajstić information content (AvgIpc) is 3.02. The SMILES string of the molecule is CC1CCN(Cc2cccc(CNC(=O)C3CCC(N)C3)c2)CC1. The number of rotatable bonds is 5. The van der Waals surface area contributed by atoms with Crippen LogP contribution in [0, 0.1) is 11.8 Å². The number of hydrogen-bond donors (Lipinski definition) is 2. The molecule has 24 heavy (non-hydrogen) atoms. The molecule has 1 aromatic carbocycles. The molecule has 2 aliphatic rings. The molecule has 0 spiro atoms. The van der Waals surface area contributed by atoms with E-state index in [1.54, 1.807) is 0 Å². The lowest BCUT2D eigenvalue weighted by atomic mass is 9.98. The van der Waals surface area contributed by atoms with E-state index >= 15 is 0 Å². The van der Waals surface area contributed by atoms with Gasteiger partial charge in [-0.2, -0.15) is 0 Å². The molecule has 0 aromatic heterocycles. The molecule has 4 nitrogen and oxygen atoms in total. The third-order valence-electron chi connectivity index (χ3n) is 5.58. The van der Waals surface area contributed by atoms with Crippen molar-refractivity contribution >= 4 is 5.91 Å². The predicted octanol–water partition coefficient (Wildman–Crippen LogP) is 2.66. The summed E-state index contributed by atoms with van der Waals surface area (Å²) in [6.07, 6.45) is 5.35. The van der Waals surface area contributed by atoms with Gasteiger partial charge in [0.2, 0.25) is 5.91 Å². The van der Waals surface area contributed by atoms with Crippen LogP contribution in [-0.2, 0) is 17.9 Å². The number of benzene rings is 1. The number of piperidine rings is 1. The zero-order chi connectivity index (χ0) is 16.9. The second kappa shape index (κ2) is 8.13. The second-order valence-corrected chi connectivity index (χ2v) is 7.77. The fraction of sp³-hybridized carbons (Fsp3) is 0.650. The van der Waals surface area contributed by atoms with Gasteiger partial charge in [-0.25, -0.2) is 0 Å². The summed E-state index contributed by atoms with van der Waals surface area (Å²) >= 11 is 0. The number of hydrogen-bond acceptors (Lipinski definition) is 3. The monoisotopic (exact) mass is 329 g/mol. The molecule has 2 unspecified atom stereocenters. The van der Waals surface area contributed by atoms with Gasteiger partial charge in [-0.1, -0.05) is 31.2 Å². The van der Waals surface area contributed by atoms with Gasteiger partial charge < -0.3 is 11.1 Å². The minimum absolute atomic E-state index is 0.110. The van der Waals surface area contributed by atoms with Crippen LogP contribution in [-0.4, -0.2) is 29.9 Å². The quantitative estimate of drug-likeness (QED) is 0.873. The summed E-state index contributed by atoms with van der Waals surface area (Å²) in [6.45, 7) is 6.38. The van der Waals surface area contributed by atoms with Crippen LogP contribution in [0.3, 0.4) is 0 Å². The maximum absolute atomic E-state index is 12.2. The normalized spacial score (nSPS) is 25.8. The molecule has 0 bridgehead atoms. The minimum atomic E-state index is 0.110. The lowest BCUT2D eigenvalue weighted by Gasteiger charge is -2.30. The Morgan fingerprint density at radius 1 is 1.21 bits per heavy atom. The molecular formula is C20H31N3O. The fourth-order valence-electron chi connectivity index (χ4n) is 3.90. The molecule has 1 aromatic rings. The highest BCUT2D eigenvalue weighted by molar-refractivity contribution is 5.79.